The van der Waals surface area contributed by atoms with Crippen LogP contribution in [0.3, 0.4) is 0 Å². The van der Waals surface area contributed by atoms with Crippen LogP contribution in [0.1, 0.15) is 10.5 Å². The molecule has 0 N–H and O–H groups in total. The van der Waals surface area contributed by atoms with Gasteiger partial charge in [0.05, 0.1) is 11.5 Å². The lowest BCUT2D eigenvalue weighted by Crippen LogP contribution is -2.22. The summed E-state index contributed by atoms with van der Waals surface area (Å²) in [4.78, 5) is 10.4. The zero-order chi connectivity index (χ0) is 8.55. The number of nitrogens with zero attached hydrogens (tertiary/aromatic N) is 2. The first-order valence-electron chi connectivity index (χ1n) is 3.43. The van der Waals surface area contributed by atoms with Crippen molar-refractivity contribution in [2.75, 3.05) is 0 Å². The summed E-state index contributed by atoms with van der Waals surface area (Å²) >= 11 is 0. The fraction of sp³-hybridized carbons (Fsp3) is 0. The number of aromatic nitrogens is 2. The first kappa shape index (κ1) is 6.84. The van der Waals surface area contributed by atoms with Gasteiger partial charge in [-0.3, -0.25) is 0 Å². The molecular formula is C8H5N2O2-. The van der Waals surface area contributed by atoms with E-state index < -0.39 is 5.97 Å². The molecule has 0 saturated heterocycles. The Morgan fingerprint density at radius 1 is 1.50 bits per heavy atom. The predicted octanol–water partition coefficient (Wildman–Crippen LogP) is -0.302. The lowest BCUT2D eigenvalue weighted by atomic mass is 10.3. The molecule has 12 heavy (non-hydrogen) atoms. The zero-order valence-electron chi connectivity index (χ0n) is 6.10. The molecule has 0 spiro atoms. The van der Waals surface area contributed by atoms with Crippen molar-refractivity contribution in [3.63, 3.8) is 0 Å². The van der Waals surface area contributed by atoms with E-state index in [2.05, 4.69) is 5.10 Å². The second kappa shape index (κ2) is 2.34. The molecule has 0 amide bonds. The highest BCUT2D eigenvalue weighted by Gasteiger charge is 1.99. The number of fused-ring (bicyclic) bond motifs is 1. The van der Waals surface area contributed by atoms with Crippen molar-refractivity contribution in [2.24, 2.45) is 0 Å². The number of rotatable bonds is 1. The number of hydrogen-bond acceptors (Lipinski definition) is 3. The molecular weight excluding hydrogens is 156 g/mol. The maximum Gasteiger partial charge on any atom is 0.109 e. The smallest absolute Gasteiger partial charge is 0.109 e. The Bertz CT molecular complexity index is 400. The third-order valence-corrected chi connectivity index (χ3v) is 1.58. The second-order valence-corrected chi connectivity index (χ2v) is 2.39. The van der Waals surface area contributed by atoms with Crippen LogP contribution in [0.25, 0.3) is 5.52 Å². The average molecular weight is 161 g/mol. The fourth-order valence-electron chi connectivity index (χ4n) is 1.04. The Balaban J connectivity index is 2.70. The van der Waals surface area contributed by atoms with E-state index in [-0.39, 0.29) is 5.69 Å². The van der Waals surface area contributed by atoms with Gasteiger partial charge in [-0.15, -0.1) is 0 Å². The van der Waals surface area contributed by atoms with E-state index >= 15 is 0 Å². The standard InChI is InChI=1S/C8H6N2O2/c11-8(12)7-5-6-3-1-2-4-10(6)9-7/h1-5H,(H,11,12)/p-1. The van der Waals surface area contributed by atoms with Crippen molar-refractivity contribution in [3.05, 3.63) is 36.2 Å². The first-order chi connectivity index (χ1) is 5.77. The third-order valence-electron chi connectivity index (χ3n) is 1.58. The lowest BCUT2D eigenvalue weighted by molar-refractivity contribution is -0.255. The molecule has 0 fully saturated rings. The summed E-state index contributed by atoms with van der Waals surface area (Å²) in [5, 5.41) is 14.2. The molecule has 0 aliphatic heterocycles. The van der Waals surface area contributed by atoms with Gasteiger partial charge in [0.15, 0.2) is 0 Å². The monoisotopic (exact) mass is 161 g/mol. The van der Waals surface area contributed by atoms with Crippen LogP contribution >= 0.6 is 0 Å². The second-order valence-electron chi connectivity index (χ2n) is 2.39. The maximum absolute atomic E-state index is 10.4. The van der Waals surface area contributed by atoms with Gasteiger partial charge in [-0.2, -0.15) is 5.10 Å². The van der Waals surface area contributed by atoms with Crippen molar-refractivity contribution in [2.45, 2.75) is 0 Å². The predicted molar refractivity (Wildman–Crippen MR) is 39.5 cm³/mol. The quantitative estimate of drug-likeness (QED) is 0.576. The van der Waals surface area contributed by atoms with Gasteiger partial charge in [0.1, 0.15) is 5.69 Å². The normalized spacial score (nSPS) is 10.3. The summed E-state index contributed by atoms with van der Waals surface area (Å²) in [6.45, 7) is 0. The van der Waals surface area contributed by atoms with Crippen LogP contribution in [0, 0.1) is 0 Å². The van der Waals surface area contributed by atoms with Gasteiger partial charge in [-0.1, -0.05) is 6.07 Å². The molecule has 60 valence electrons. The van der Waals surface area contributed by atoms with Crippen molar-refractivity contribution in [1.29, 1.82) is 0 Å². The van der Waals surface area contributed by atoms with Gasteiger partial charge < -0.3 is 9.90 Å². The minimum absolute atomic E-state index is 0.0406. The zero-order valence-corrected chi connectivity index (χ0v) is 6.10. The molecule has 0 atom stereocenters. The Hall–Kier alpha value is -1.84. The highest BCUT2D eigenvalue weighted by molar-refractivity contribution is 5.85. The molecule has 0 saturated carbocycles. The van der Waals surface area contributed by atoms with Crippen LogP contribution in [-0.4, -0.2) is 15.6 Å². The number of carboxylic acids is 1. The summed E-state index contributed by atoms with van der Waals surface area (Å²) in [6, 6.07) is 6.84. The highest BCUT2D eigenvalue weighted by Crippen LogP contribution is 2.04. The molecule has 0 aliphatic carbocycles. The fourth-order valence-corrected chi connectivity index (χ4v) is 1.04. The SMILES string of the molecule is O=C([O-])c1cc2ccccn2n1. The van der Waals surface area contributed by atoms with E-state index in [1.165, 1.54) is 10.6 Å². The number of pyridine rings is 1. The molecule has 2 aromatic rings. The van der Waals surface area contributed by atoms with E-state index in [1.807, 2.05) is 6.07 Å². The van der Waals surface area contributed by atoms with Crippen molar-refractivity contribution in [1.82, 2.24) is 9.61 Å². The Morgan fingerprint density at radius 3 is 3.00 bits per heavy atom. The van der Waals surface area contributed by atoms with Crippen LogP contribution < -0.4 is 5.11 Å². The van der Waals surface area contributed by atoms with Crippen LogP contribution in [-0.2, 0) is 0 Å². The molecule has 0 aliphatic rings. The lowest BCUT2D eigenvalue weighted by Gasteiger charge is -1.91. The van der Waals surface area contributed by atoms with Gasteiger partial charge in [0, 0.05) is 6.20 Å². The van der Waals surface area contributed by atoms with Crippen molar-refractivity contribution < 1.29 is 9.90 Å². The van der Waals surface area contributed by atoms with Gasteiger partial charge in [0.25, 0.3) is 0 Å². The highest BCUT2D eigenvalue weighted by atomic mass is 16.4. The number of carboxylic acid groups (broad SMARTS) is 1. The number of aromatic carboxylic acids is 1. The number of carbonyl (C=O) groups excluding carboxylic acids is 1. The number of carbonyl (C=O) groups is 1. The van der Waals surface area contributed by atoms with E-state index in [1.54, 1.807) is 18.3 Å². The average Bonchev–Trinajstić information content (AvgIpc) is 2.46. The first-order valence-corrected chi connectivity index (χ1v) is 3.43. The molecule has 0 radical (unpaired) electrons. The molecule has 0 bridgehead atoms. The molecule has 2 heterocycles. The topological polar surface area (TPSA) is 57.4 Å². The van der Waals surface area contributed by atoms with Crippen LogP contribution in [0.5, 0.6) is 0 Å². The van der Waals surface area contributed by atoms with Gasteiger partial charge in [0.2, 0.25) is 0 Å². The Labute approximate surface area is 68.1 Å². The minimum Gasteiger partial charge on any atom is -0.543 e. The van der Waals surface area contributed by atoms with Gasteiger partial charge in [-0.25, -0.2) is 4.52 Å². The van der Waals surface area contributed by atoms with E-state index in [9.17, 15) is 9.90 Å². The van der Waals surface area contributed by atoms with Crippen molar-refractivity contribution >= 4 is 11.5 Å². The summed E-state index contributed by atoms with van der Waals surface area (Å²) in [6.07, 6.45) is 1.68. The van der Waals surface area contributed by atoms with Crippen LogP contribution in [0.4, 0.5) is 0 Å². The van der Waals surface area contributed by atoms with Gasteiger partial charge in [-0.05, 0) is 18.2 Å². The van der Waals surface area contributed by atoms with Gasteiger partial charge >= 0.3 is 0 Å². The molecule has 0 unspecified atom stereocenters. The summed E-state index contributed by atoms with van der Waals surface area (Å²) in [7, 11) is 0. The Morgan fingerprint density at radius 2 is 2.33 bits per heavy atom. The molecule has 4 heteroatoms. The maximum atomic E-state index is 10.4. The molecule has 2 aromatic heterocycles. The number of hydrogen-bond donors (Lipinski definition) is 0. The van der Waals surface area contributed by atoms with Crippen LogP contribution in [0.2, 0.25) is 0 Å². The Kier molecular flexibility index (Phi) is 1.33. The summed E-state index contributed by atoms with van der Waals surface area (Å²) in [5.41, 5.74) is 0.706. The minimum atomic E-state index is -1.25. The summed E-state index contributed by atoms with van der Waals surface area (Å²) in [5.74, 6) is -1.25. The van der Waals surface area contributed by atoms with Crippen LogP contribution in [0.15, 0.2) is 30.5 Å². The van der Waals surface area contributed by atoms with E-state index in [0.29, 0.717) is 0 Å². The van der Waals surface area contributed by atoms with Crippen molar-refractivity contribution in [3.8, 4) is 0 Å². The van der Waals surface area contributed by atoms with E-state index in [4.69, 9.17) is 0 Å². The van der Waals surface area contributed by atoms with E-state index in [0.717, 1.165) is 5.52 Å². The largest absolute Gasteiger partial charge is 0.543 e. The third kappa shape index (κ3) is 0.934. The molecule has 0 aromatic carbocycles. The summed E-state index contributed by atoms with van der Waals surface area (Å²) < 4.78 is 1.49. The molecule has 2 rings (SSSR count). The molecule has 4 nitrogen and oxygen atoms in total.